The lowest BCUT2D eigenvalue weighted by Crippen LogP contribution is -2.25. The van der Waals surface area contributed by atoms with Crippen LogP contribution in [0.3, 0.4) is 0 Å². The van der Waals surface area contributed by atoms with E-state index in [0.29, 0.717) is 18.1 Å². The first-order valence-corrected chi connectivity index (χ1v) is 10.4. The highest BCUT2D eigenvalue weighted by Gasteiger charge is 2.34. The number of aromatic nitrogens is 2. The average molecular weight is 387 g/mol. The van der Waals surface area contributed by atoms with Gasteiger partial charge in [-0.2, -0.15) is 0 Å². The molecule has 144 valence electrons. The quantitative estimate of drug-likeness (QED) is 0.780. The number of carbonyl (C=O) groups is 2. The summed E-state index contributed by atoms with van der Waals surface area (Å²) >= 11 is 1.37. The molecule has 1 N–H and O–H groups in total. The number of nitrogens with one attached hydrogen (secondary N) is 1. The molecule has 1 aromatic heterocycles. The molecule has 1 aliphatic heterocycles. The summed E-state index contributed by atoms with van der Waals surface area (Å²) in [6, 6.07) is 8.02. The Labute approximate surface area is 164 Å². The van der Waals surface area contributed by atoms with Crippen LogP contribution in [-0.4, -0.2) is 28.6 Å². The zero-order valence-electron chi connectivity index (χ0n) is 16.1. The molecule has 0 bridgehead atoms. The van der Waals surface area contributed by atoms with E-state index in [9.17, 15) is 9.59 Å². The van der Waals surface area contributed by atoms with E-state index >= 15 is 0 Å². The molecule has 7 heteroatoms. The SMILES string of the molecule is CCCC(C)C(=O)Nc1nnc(C2CC(=O)N(c3ccccc3CC)C2)s1. The first-order chi connectivity index (χ1) is 13.0. The normalized spacial score (nSPS) is 18.0. The number of benzene rings is 1. The van der Waals surface area contributed by atoms with Gasteiger partial charge in [0.25, 0.3) is 0 Å². The maximum Gasteiger partial charge on any atom is 0.229 e. The summed E-state index contributed by atoms with van der Waals surface area (Å²) < 4.78 is 0. The largest absolute Gasteiger partial charge is 0.311 e. The van der Waals surface area contributed by atoms with Gasteiger partial charge in [0, 0.05) is 30.5 Å². The fraction of sp³-hybridized carbons (Fsp3) is 0.500. The lowest BCUT2D eigenvalue weighted by atomic mass is 10.1. The average Bonchev–Trinajstić information content (AvgIpc) is 3.28. The highest BCUT2D eigenvalue weighted by atomic mass is 32.1. The molecule has 2 aromatic rings. The van der Waals surface area contributed by atoms with E-state index in [1.807, 2.05) is 30.0 Å². The van der Waals surface area contributed by atoms with Crippen molar-refractivity contribution in [1.82, 2.24) is 10.2 Å². The van der Waals surface area contributed by atoms with Crippen LogP contribution in [0.5, 0.6) is 0 Å². The number of amides is 2. The Morgan fingerprint density at radius 1 is 1.33 bits per heavy atom. The maximum atomic E-state index is 12.6. The van der Waals surface area contributed by atoms with E-state index in [4.69, 9.17) is 0 Å². The lowest BCUT2D eigenvalue weighted by molar-refractivity contribution is -0.119. The Kier molecular flexibility index (Phi) is 6.21. The van der Waals surface area contributed by atoms with Crippen LogP contribution in [0, 0.1) is 5.92 Å². The minimum atomic E-state index is -0.0450. The molecule has 6 nitrogen and oxygen atoms in total. The molecule has 2 amide bonds. The maximum absolute atomic E-state index is 12.6. The predicted octanol–water partition coefficient (Wildman–Crippen LogP) is 4.00. The second-order valence-electron chi connectivity index (χ2n) is 7.01. The van der Waals surface area contributed by atoms with Crippen LogP contribution in [0.15, 0.2) is 24.3 Å². The van der Waals surface area contributed by atoms with Crippen LogP contribution in [0.4, 0.5) is 10.8 Å². The summed E-state index contributed by atoms with van der Waals surface area (Å²) in [5.74, 6) is 0.0499. The van der Waals surface area contributed by atoms with E-state index in [1.165, 1.54) is 16.9 Å². The van der Waals surface area contributed by atoms with Gasteiger partial charge < -0.3 is 10.2 Å². The molecule has 0 aliphatic carbocycles. The van der Waals surface area contributed by atoms with Gasteiger partial charge in [-0.25, -0.2) is 0 Å². The van der Waals surface area contributed by atoms with Gasteiger partial charge in [0.15, 0.2) is 0 Å². The van der Waals surface area contributed by atoms with Crippen molar-refractivity contribution in [3.05, 3.63) is 34.8 Å². The molecule has 2 atom stereocenters. The second-order valence-corrected chi connectivity index (χ2v) is 8.02. The number of carbonyl (C=O) groups excluding carboxylic acids is 2. The lowest BCUT2D eigenvalue weighted by Gasteiger charge is -2.19. The molecule has 1 fully saturated rings. The topological polar surface area (TPSA) is 75.2 Å². The standard InChI is InChI=1S/C20H26N4O2S/c1-4-8-13(3)18(26)21-20-23-22-19(27-20)15-11-17(25)24(12-15)16-10-7-6-9-14(16)5-2/h6-7,9-10,13,15H,4-5,8,11-12H2,1-3H3,(H,21,23,26). The molecular weight excluding hydrogens is 360 g/mol. The smallest absolute Gasteiger partial charge is 0.229 e. The highest BCUT2D eigenvalue weighted by Crippen LogP contribution is 2.35. The van der Waals surface area contributed by atoms with E-state index < -0.39 is 0 Å². The first kappa shape index (κ1) is 19.5. The number of nitrogens with zero attached hydrogens (tertiary/aromatic N) is 3. The number of hydrogen-bond acceptors (Lipinski definition) is 5. The van der Waals surface area contributed by atoms with Crippen LogP contribution < -0.4 is 10.2 Å². The Balaban J connectivity index is 1.69. The molecule has 1 saturated heterocycles. The molecule has 2 unspecified atom stereocenters. The Morgan fingerprint density at radius 2 is 2.11 bits per heavy atom. The van der Waals surface area contributed by atoms with Crippen LogP contribution in [-0.2, 0) is 16.0 Å². The first-order valence-electron chi connectivity index (χ1n) is 9.56. The van der Waals surface area contributed by atoms with Gasteiger partial charge in [0.2, 0.25) is 16.9 Å². The van der Waals surface area contributed by atoms with Crippen LogP contribution in [0.2, 0.25) is 0 Å². The molecule has 3 rings (SSSR count). The summed E-state index contributed by atoms with van der Waals surface area (Å²) in [4.78, 5) is 26.6. The van der Waals surface area contributed by atoms with E-state index in [-0.39, 0.29) is 23.7 Å². The van der Waals surface area contributed by atoms with Crippen LogP contribution in [0.1, 0.15) is 56.5 Å². The molecule has 27 heavy (non-hydrogen) atoms. The predicted molar refractivity (Wildman–Crippen MR) is 108 cm³/mol. The van der Waals surface area contributed by atoms with Gasteiger partial charge >= 0.3 is 0 Å². The van der Waals surface area contributed by atoms with Crippen molar-refractivity contribution in [3.8, 4) is 0 Å². The zero-order chi connectivity index (χ0) is 19.4. The third kappa shape index (κ3) is 4.35. The molecule has 2 heterocycles. The van der Waals surface area contributed by atoms with Gasteiger partial charge in [0.05, 0.1) is 0 Å². The minimum Gasteiger partial charge on any atom is -0.311 e. The fourth-order valence-corrected chi connectivity index (χ4v) is 4.26. The molecule has 0 saturated carbocycles. The second kappa shape index (κ2) is 8.61. The van der Waals surface area contributed by atoms with Gasteiger partial charge in [0.1, 0.15) is 5.01 Å². The zero-order valence-corrected chi connectivity index (χ0v) is 16.9. The molecule has 1 aliphatic rings. The minimum absolute atomic E-state index is 0.0126. The summed E-state index contributed by atoms with van der Waals surface area (Å²) in [5.41, 5.74) is 2.15. The number of para-hydroxylation sites is 1. The summed E-state index contributed by atoms with van der Waals surface area (Å²) in [7, 11) is 0. The number of anilines is 2. The third-order valence-corrected chi connectivity index (χ3v) is 5.98. The number of hydrogen-bond donors (Lipinski definition) is 1. The van der Waals surface area contributed by atoms with E-state index in [2.05, 4.69) is 35.4 Å². The highest BCUT2D eigenvalue weighted by molar-refractivity contribution is 7.15. The van der Waals surface area contributed by atoms with Gasteiger partial charge in [-0.15, -0.1) is 10.2 Å². The molecule has 1 aromatic carbocycles. The van der Waals surface area contributed by atoms with Crippen molar-refractivity contribution in [1.29, 1.82) is 0 Å². The van der Waals surface area contributed by atoms with Crippen molar-refractivity contribution in [2.45, 2.75) is 52.4 Å². The molecular formula is C20H26N4O2S. The third-order valence-electron chi connectivity index (χ3n) is 4.98. The Morgan fingerprint density at radius 3 is 2.85 bits per heavy atom. The summed E-state index contributed by atoms with van der Waals surface area (Å²) in [6.07, 6.45) is 3.12. The van der Waals surface area contributed by atoms with Crippen molar-refractivity contribution in [3.63, 3.8) is 0 Å². The van der Waals surface area contributed by atoms with Crippen LogP contribution in [0.25, 0.3) is 0 Å². The van der Waals surface area contributed by atoms with E-state index in [1.54, 1.807) is 0 Å². The van der Waals surface area contributed by atoms with Crippen LogP contribution >= 0.6 is 11.3 Å². The van der Waals surface area contributed by atoms with Crippen molar-refractivity contribution in [2.75, 3.05) is 16.8 Å². The molecule has 0 spiro atoms. The van der Waals surface area contributed by atoms with Crippen molar-refractivity contribution >= 4 is 34.0 Å². The van der Waals surface area contributed by atoms with E-state index in [0.717, 1.165) is 30.0 Å². The van der Waals surface area contributed by atoms with Crippen molar-refractivity contribution < 1.29 is 9.59 Å². The fourth-order valence-electron chi connectivity index (χ4n) is 3.42. The van der Waals surface area contributed by atoms with Crippen molar-refractivity contribution in [2.24, 2.45) is 5.92 Å². The molecule has 0 radical (unpaired) electrons. The number of rotatable bonds is 7. The van der Waals surface area contributed by atoms with Gasteiger partial charge in [-0.3, -0.25) is 9.59 Å². The Hall–Kier alpha value is -2.28. The number of aryl methyl sites for hydroxylation is 1. The monoisotopic (exact) mass is 386 g/mol. The van der Waals surface area contributed by atoms with Gasteiger partial charge in [-0.05, 0) is 24.5 Å². The van der Waals surface area contributed by atoms with Gasteiger partial charge in [-0.1, -0.05) is 56.7 Å². The summed E-state index contributed by atoms with van der Waals surface area (Å²) in [5, 5.41) is 12.5. The summed E-state index contributed by atoms with van der Waals surface area (Å²) in [6.45, 7) is 6.67. The Bertz CT molecular complexity index is 820.